The fourth-order valence-corrected chi connectivity index (χ4v) is 3.20. The predicted molar refractivity (Wildman–Crippen MR) is 77.1 cm³/mol. The molecule has 1 heteroatoms. The van der Waals surface area contributed by atoms with E-state index < -0.39 is 0 Å². The molecule has 1 heterocycles. The molecule has 98 valence electrons. The van der Waals surface area contributed by atoms with Crippen molar-refractivity contribution in [3.05, 3.63) is 24.8 Å². The molecule has 0 aromatic heterocycles. The summed E-state index contributed by atoms with van der Waals surface area (Å²) in [6.45, 7) is 14.3. The highest BCUT2D eigenvalue weighted by Crippen LogP contribution is 2.33. The highest BCUT2D eigenvalue weighted by molar-refractivity contribution is 5.06. The molecule has 4 atom stereocenters. The topological polar surface area (TPSA) is 3.24 Å². The summed E-state index contributed by atoms with van der Waals surface area (Å²) in [5.41, 5.74) is 0. The Morgan fingerprint density at radius 3 is 2.53 bits per heavy atom. The van der Waals surface area contributed by atoms with Crippen LogP contribution in [0, 0.1) is 11.8 Å². The molecule has 1 rings (SSSR count). The Bertz CT molecular complexity index is 256. The van der Waals surface area contributed by atoms with Gasteiger partial charge in [0.15, 0.2) is 0 Å². The number of hydrogen-bond acceptors (Lipinski definition) is 1. The van der Waals surface area contributed by atoms with E-state index in [0.717, 1.165) is 18.5 Å². The van der Waals surface area contributed by atoms with E-state index in [2.05, 4.69) is 57.4 Å². The van der Waals surface area contributed by atoms with Crippen LogP contribution >= 0.6 is 0 Å². The molecule has 1 aliphatic heterocycles. The van der Waals surface area contributed by atoms with Crippen LogP contribution in [-0.2, 0) is 0 Å². The molecule has 1 nitrogen and oxygen atoms in total. The fourth-order valence-electron chi connectivity index (χ4n) is 3.20. The first-order valence-electron chi connectivity index (χ1n) is 7.20. The third-order valence-corrected chi connectivity index (χ3v) is 4.40. The molecule has 17 heavy (non-hydrogen) atoms. The quantitative estimate of drug-likeness (QED) is 0.643. The van der Waals surface area contributed by atoms with Gasteiger partial charge in [-0.15, -0.1) is 6.58 Å². The molecule has 1 aliphatic rings. The second-order valence-corrected chi connectivity index (χ2v) is 5.28. The van der Waals surface area contributed by atoms with Gasteiger partial charge in [-0.2, -0.15) is 0 Å². The number of likely N-dealkylation sites (tertiary alicyclic amines) is 1. The van der Waals surface area contributed by atoms with Gasteiger partial charge < -0.3 is 0 Å². The second-order valence-electron chi connectivity index (χ2n) is 5.28. The Hall–Kier alpha value is -0.560. The van der Waals surface area contributed by atoms with Crippen molar-refractivity contribution in [2.24, 2.45) is 11.8 Å². The Morgan fingerprint density at radius 2 is 2.06 bits per heavy atom. The summed E-state index contributed by atoms with van der Waals surface area (Å²) >= 11 is 0. The molecular formula is C16H29N. The second kappa shape index (κ2) is 7.00. The van der Waals surface area contributed by atoms with E-state index >= 15 is 0 Å². The Balaban J connectivity index is 2.89. The molecule has 4 unspecified atom stereocenters. The zero-order chi connectivity index (χ0) is 12.8. The molecule has 0 bridgehead atoms. The molecule has 1 fully saturated rings. The van der Waals surface area contributed by atoms with Gasteiger partial charge in [0.2, 0.25) is 0 Å². The van der Waals surface area contributed by atoms with Crippen molar-refractivity contribution >= 4 is 0 Å². The van der Waals surface area contributed by atoms with E-state index in [9.17, 15) is 0 Å². The van der Waals surface area contributed by atoms with Gasteiger partial charge in [0.1, 0.15) is 0 Å². The normalized spacial score (nSPS) is 32.8. The summed E-state index contributed by atoms with van der Waals surface area (Å²) in [7, 11) is 0. The summed E-state index contributed by atoms with van der Waals surface area (Å²) in [5.74, 6) is 1.43. The van der Waals surface area contributed by atoms with Crippen molar-refractivity contribution in [1.82, 2.24) is 4.90 Å². The Labute approximate surface area is 108 Å². The number of nitrogens with zero attached hydrogens (tertiary/aromatic N) is 1. The minimum absolute atomic E-state index is 0.565. The first-order chi connectivity index (χ1) is 8.19. The van der Waals surface area contributed by atoms with E-state index in [1.807, 2.05) is 0 Å². The van der Waals surface area contributed by atoms with E-state index in [0.29, 0.717) is 12.0 Å². The lowest BCUT2D eigenvalue weighted by molar-refractivity contribution is 0.0542. The van der Waals surface area contributed by atoms with Crippen LogP contribution in [0.3, 0.4) is 0 Å². The van der Waals surface area contributed by atoms with Gasteiger partial charge in [0.05, 0.1) is 0 Å². The average molecular weight is 235 g/mol. The van der Waals surface area contributed by atoms with Crippen LogP contribution in [-0.4, -0.2) is 23.5 Å². The van der Waals surface area contributed by atoms with Crippen molar-refractivity contribution in [3.63, 3.8) is 0 Å². The summed E-state index contributed by atoms with van der Waals surface area (Å²) in [4.78, 5) is 2.68. The van der Waals surface area contributed by atoms with Crippen LogP contribution in [0.25, 0.3) is 0 Å². The smallest absolute Gasteiger partial charge is 0.0343 e. The number of hydrogen-bond donors (Lipinski definition) is 0. The molecule has 0 amide bonds. The molecule has 0 aromatic carbocycles. The molecular weight excluding hydrogens is 206 g/mol. The van der Waals surface area contributed by atoms with Crippen LogP contribution in [0.2, 0.25) is 0 Å². The Morgan fingerprint density at radius 1 is 1.35 bits per heavy atom. The van der Waals surface area contributed by atoms with Crippen LogP contribution in [0.4, 0.5) is 0 Å². The zero-order valence-electron chi connectivity index (χ0n) is 12.0. The van der Waals surface area contributed by atoms with Gasteiger partial charge in [0.25, 0.3) is 0 Å². The molecule has 0 spiro atoms. The zero-order valence-corrected chi connectivity index (χ0v) is 12.0. The number of allylic oxidation sites excluding steroid dienone is 1. The molecule has 1 saturated heterocycles. The Kier molecular flexibility index (Phi) is 5.97. The molecule has 0 radical (unpaired) electrons. The number of likely N-dealkylation sites (N-methyl/N-ethyl adjacent to an activating group) is 1. The third-order valence-electron chi connectivity index (χ3n) is 4.40. The van der Waals surface area contributed by atoms with E-state index in [1.165, 1.54) is 19.3 Å². The molecule has 0 aliphatic carbocycles. The van der Waals surface area contributed by atoms with E-state index in [1.54, 1.807) is 0 Å². The minimum atomic E-state index is 0.565. The average Bonchev–Trinajstić information content (AvgIpc) is 2.37. The lowest BCUT2D eigenvalue weighted by Crippen LogP contribution is -2.51. The standard InChI is InChI=1S/C16H29N/c1-6-10-16-14(8-3)11-12-15(13(5)7-2)17(16)9-4/h6,8,10,13-16H,3,7,9,11-12H2,1-2,4-5H3/b10-6-. The molecule has 0 saturated carbocycles. The lowest BCUT2D eigenvalue weighted by Gasteiger charge is -2.46. The maximum absolute atomic E-state index is 4.02. The highest BCUT2D eigenvalue weighted by atomic mass is 15.2. The van der Waals surface area contributed by atoms with Crippen molar-refractivity contribution < 1.29 is 0 Å². The number of rotatable bonds is 5. The molecule has 0 N–H and O–H groups in total. The van der Waals surface area contributed by atoms with Gasteiger partial charge in [-0.3, -0.25) is 4.90 Å². The monoisotopic (exact) mass is 235 g/mol. The number of piperidine rings is 1. The van der Waals surface area contributed by atoms with Crippen LogP contribution < -0.4 is 0 Å². The van der Waals surface area contributed by atoms with Gasteiger partial charge in [-0.25, -0.2) is 0 Å². The summed E-state index contributed by atoms with van der Waals surface area (Å²) in [6.07, 6.45) is 10.6. The van der Waals surface area contributed by atoms with Crippen molar-refractivity contribution in [1.29, 1.82) is 0 Å². The lowest BCUT2D eigenvalue weighted by atomic mass is 9.80. The van der Waals surface area contributed by atoms with Crippen LogP contribution in [0.5, 0.6) is 0 Å². The van der Waals surface area contributed by atoms with E-state index in [-0.39, 0.29) is 0 Å². The third kappa shape index (κ3) is 3.22. The summed E-state index contributed by atoms with van der Waals surface area (Å²) in [5, 5.41) is 0. The minimum Gasteiger partial charge on any atom is -0.293 e. The SMILES string of the molecule is C=CC1CCC(C(C)CC)N(CC)C1/C=C\C. The summed E-state index contributed by atoms with van der Waals surface area (Å²) < 4.78 is 0. The molecule has 0 aromatic rings. The largest absolute Gasteiger partial charge is 0.293 e. The van der Waals surface area contributed by atoms with Gasteiger partial charge in [-0.1, -0.05) is 45.4 Å². The van der Waals surface area contributed by atoms with Crippen LogP contribution in [0.1, 0.15) is 47.0 Å². The first kappa shape index (κ1) is 14.5. The highest BCUT2D eigenvalue weighted by Gasteiger charge is 2.35. The van der Waals surface area contributed by atoms with Crippen molar-refractivity contribution in [2.75, 3.05) is 6.54 Å². The summed E-state index contributed by atoms with van der Waals surface area (Å²) in [6, 6.07) is 1.32. The van der Waals surface area contributed by atoms with Crippen LogP contribution in [0.15, 0.2) is 24.8 Å². The predicted octanol–water partition coefficient (Wildman–Crippen LogP) is 4.26. The van der Waals surface area contributed by atoms with Crippen molar-refractivity contribution in [2.45, 2.75) is 59.0 Å². The fraction of sp³-hybridized carbons (Fsp3) is 0.750. The van der Waals surface area contributed by atoms with Crippen molar-refractivity contribution in [3.8, 4) is 0 Å². The van der Waals surface area contributed by atoms with Gasteiger partial charge in [-0.05, 0) is 38.1 Å². The maximum Gasteiger partial charge on any atom is 0.0343 e. The van der Waals surface area contributed by atoms with E-state index in [4.69, 9.17) is 0 Å². The van der Waals surface area contributed by atoms with Gasteiger partial charge >= 0.3 is 0 Å². The maximum atomic E-state index is 4.02. The first-order valence-corrected chi connectivity index (χ1v) is 7.20. The van der Waals surface area contributed by atoms with Gasteiger partial charge in [0, 0.05) is 12.1 Å².